The van der Waals surface area contributed by atoms with Crippen molar-refractivity contribution in [2.24, 2.45) is 5.10 Å². The maximum atomic E-state index is 5.57. The van der Waals surface area contributed by atoms with Crippen molar-refractivity contribution < 1.29 is 14.2 Å². The molecule has 10 heteroatoms. The van der Waals surface area contributed by atoms with Crippen molar-refractivity contribution in [1.29, 1.82) is 0 Å². The van der Waals surface area contributed by atoms with Gasteiger partial charge in [0.15, 0.2) is 11.5 Å². The highest BCUT2D eigenvalue weighted by Gasteiger charge is 2.20. The van der Waals surface area contributed by atoms with E-state index in [9.17, 15) is 0 Å². The Kier molecular flexibility index (Phi) is 7.55. The molecule has 0 radical (unpaired) electrons. The van der Waals surface area contributed by atoms with E-state index in [1.165, 1.54) is 6.42 Å². The van der Waals surface area contributed by atoms with Gasteiger partial charge in [-0.3, -0.25) is 0 Å². The van der Waals surface area contributed by atoms with Crippen LogP contribution in [0.1, 0.15) is 31.7 Å². The smallest absolute Gasteiger partial charge is 0.250 e. The standard InChI is InChI=1S/C22H31N7O3/c1-3-32-18-8-7-17(15-19(18)30-2)16-23-27-20-24-21(28-9-5-4-6-10-28)26-22(25-20)29-11-13-31-14-12-29/h7-8,15-16H,3-6,9-14H2,1-2H3,(H,24,25,26,27)/b23-16+. The van der Waals surface area contributed by atoms with Crippen LogP contribution in [0.25, 0.3) is 0 Å². The van der Waals surface area contributed by atoms with Gasteiger partial charge in [-0.15, -0.1) is 0 Å². The van der Waals surface area contributed by atoms with Crippen LogP contribution < -0.4 is 24.7 Å². The number of ether oxygens (including phenoxy) is 3. The summed E-state index contributed by atoms with van der Waals surface area (Å²) in [5.41, 5.74) is 3.85. The van der Waals surface area contributed by atoms with Crippen molar-refractivity contribution in [3.8, 4) is 11.5 Å². The molecule has 2 fully saturated rings. The lowest BCUT2D eigenvalue weighted by atomic mass is 10.1. The zero-order valence-electron chi connectivity index (χ0n) is 18.8. The van der Waals surface area contributed by atoms with Gasteiger partial charge < -0.3 is 24.0 Å². The monoisotopic (exact) mass is 441 g/mol. The Balaban J connectivity index is 1.52. The van der Waals surface area contributed by atoms with Crippen LogP contribution in [-0.4, -0.2) is 74.3 Å². The summed E-state index contributed by atoms with van der Waals surface area (Å²) in [7, 11) is 1.62. The number of rotatable bonds is 8. The zero-order chi connectivity index (χ0) is 22.2. The maximum Gasteiger partial charge on any atom is 0.250 e. The third-order valence-electron chi connectivity index (χ3n) is 5.41. The Morgan fingerprint density at radius 2 is 1.72 bits per heavy atom. The molecule has 0 unspecified atom stereocenters. The van der Waals surface area contributed by atoms with Gasteiger partial charge in [0.2, 0.25) is 17.8 Å². The first-order chi connectivity index (χ1) is 15.8. The summed E-state index contributed by atoms with van der Waals surface area (Å²) in [6.07, 6.45) is 5.26. The van der Waals surface area contributed by atoms with Crippen LogP contribution in [0.4, 0.5) is 17.8 Å². The number of nitrogens with zero attached hydrogens (tertiary/aromatic N) is 6. The van der Waals surface area contributed by atoms with Gasteiger partial charge in [0.1, 0.15) is 0 Å². The number of benzene rings is 1. The Bertz CT molecular complexity index is 876. The lowest BCUT2D eigenvalue weighted by molar-refractivity contribution is 0.122. The van der Waals surface area contributed by atoms with Crippen molar-refractivity contribution in [3.05, 3.63) is 23.8 Å². The molecule has 1 aromatic heterocycles. The van der Waals surface area contributed by atoms with Crippen molar-refractivity contribution >= 4 is 24.1 Å². The molecular weight excluding hydrogens is 410 g/mol. The lowest BCUT2D eigenvalue weighted by Gasteiger charge is -2.30. The summed E-state index contributed by atoms with van der Waals surface area (Å²) in [5, 5.41) is 4.35. The number of aromatic nitrogens is 3. The number of nitrogens with one attached hydrogen (secondary N) is 1. The lowest BCUT2D eigenvalue weighted by Crippen LogP contribution is -2.38. The number of methoxy groups -OCH3 is 1. The van der Waals surface area contributed by atoms with E-state index in [0.717, 1.165) is 44.6 Å². The SMILES string of the molecule is CCOc1ccc(/C=N/Nc2nc(N3CCCCC3)nc(N3CCOCC3)n2)cc1OC. The second-order valence-corrected chi connectivity index (χ2v) is 7.62. The second kappa shape index (κ2) is 10.9. The highest BCUT2D eigenvalue weighted by molar-refractivity contribution is 5.81. The summed E-state index contributed by atoms with van der Waals surface area (Å²) in [5.74, 6) is 3.15. The average molecular weight is 442 g/mol. The maximum absolute atomic E-state index is 5.57. The molecule has 2 aliphatic heterocycles. The summed E-state index contributed by atoms with van der Waals surface area (Å²) in [6, 6.07) is 5.67. The van der Waals surface area contributed by atoms with E-state index in [0.29, 0.717) is 49.2 Å². The highest BCUT2D eigenvalue weighted by Crippen LogP contribution is 2.27. The van der Waals surface area contributed by atoms with Gasteiger partial charge in [0.25, 0.3) is 0 Å². The van der Waals surface area contributed by atoms with Crippen molar-refractivity contribution in [1.82, 2.24) is 15.0 Å². The van der Waals surface area contributed by atoms with E-state index < -0.39 is 0 Å². The van der Waals surface area contributed by atoms with Gasteiger partial charge in [-0.25, -0.2) is 5.43 Å². The minimum absolute atomic E-state index is 0.427. The van der Waals surface area contributed by atoms with Crippen molar-refractivity contribution in [3.63, 3.8) is 0 Å². The minimum Gasteiger partial charge on any atom is -0.493 e. The zero-order valence-corrected chi connectivity index (χ0v) is 18.8. The summed E-state index contributed by atoms with van der Waals surface area (Å²) in [6.45, 7) is 7.31. The number of anilines is 3. The van der Waals surface area contributed by atoms with Crippen LogP contribution in [0, 0.1) is 0 Å². The van der Waals surface area contributed by atoms with Crippen LogP contribution in [0.3, 0.4) is 0 Å². The number of hydrogen-bond donors (Lipinski definition) is 1. The van der Waals surface area contributed by atoms with Gasteiger partial charge in [-0.1, -0.05) is 0 Å². The summed E-state index contributed by atoms with van der Waals surface area (Å²) < 4.78 is 16.4. The van der Waals surface area contributed by atoms with Crippen molar-refractivity contribution in [2.45, 2.75) is 26.2 Å². The molecule has 32 heavy (non-hydrogen) atoms. The molecule has 2 saturated heterocycles. The van der Waals surface area contributed by atoms with Gasteiger partial charge >= 0.3 is 0 Å². The Morgan fingerprint density at radius 1 is 1.00 bits per heavy atom. The Morgan fingerprint density at radius 3 is 2.41 bits per heavy atom. The number of morpholine rings is 1. The summed E-state index contributed by atoms with van der Waals surface area (Å²) in [4.78, 5) is 18.3. The van der Waals surface area contributed by atoms with E-state index in [1.807, 2.05) is 25.1 Å². The van der Waals surface area contributed by atoms with Crippen LogP contribution in [0.2, 0.25) is 0 Å². The molecule has 0 atom stereocenters. The van der Waals surface area contributed by atoms with Crippen LogP contribution in [0.5, 0.6) is 11.5 Å². The van der Waals surface area contributed by atoms with E-state index in [4.69, 9.17) is 19.2 Å². The van der Waals surface area contributed by atoms with Gasteiger partial charge in [-0.2, -0.15) is 20.1 Å². The predicted molar refractivity (Wildman–Crippen MR) is 124 cm³/mol. The second-order valence-electron chi connectivity index (χ2n) is 7.62. The number of hydrazone groups is 1. The van der Waals surface area contributed by atoms with E-state index in [-0.39, 0.29) is 0 Å². The first-order valence-corrected chi connectivity index (χ1v) is 11.2. The fraction of sp³-hybridized carbons (Fsp3) is 0.545. The molecule has 0 spiro atoms. The molecule has 2 aromatic rings. The molecule has 0 saturated carbocycles. The number of hydrogen-bond acceptors (Lipinski definition) is 10. The first-order valence-electron chi connectivity index (χ1n) is 11.2. The molecule has 2 aliphatic rings. The molecule has 3 heterocycles. The molecule has 0 amide bonds. The topological polar surface area (TPSA) is 97.2 Å². The van der Waals surface area contributed by atoms with E-state index in [2.05, 4.69) is 30.3 Å². The Hall–Kier alpha value is -3.14. The van der Waals surface area contributed by atoms with Crippen LogP contribution in [0.15, 0.2) is 23.3 Å². The average Bonchev–Trinajstić information content (AvgIpc) is 2.86. The molecule has 1 N–H and O–H groups in total. The number of piperidine rings is 1. The molecule has 10 nitrogen and oxygen atoms in total. The Labute approximate surface area is 188 Å². The fourth-order valence-electron chi connectivity index (χ4n) is 3.75. The molecule has 172 valence electrons. The quantitative estimate of drug-likeness (QED) is 0.489. The predicted octanol–water partition coefficient (Wildman–Crippen LogP) is 2.55. The minimum atomic E-state index is 0.427. The molecular formula is C22H31N7O3. The largest absolute Gasteiger partial charge is 0.493 e. The van der Waals surface area contributed by atoms with Crippen LogP contribution >= 0.6 is 0 Å². The normalized spacial score (nSPS) is 16.9. The molecule has 0 aliphatic carbocycles. The fourth-order valence-corrected chi connectivity index (χ4v) is 3.75. The van der Waals surface area contributed by atoms with E-state index in [1.54, 1.807) is 13.3 Å². The summed E-state index contributed by atoms with van der Waals surface area (Å²) >= 11 is 0. The van der Waals surface area contributed by atoms with Gasteiger partial charge in [-0.05, 0) is 49.9 Å². The van der Waals surface area contributed by atoms with Crippen molar-refractivity contribution in [2.75, 3.05) is 68.3 Å². The molecule has 4 rings (SSSR count). The third kappa shape index (κ3) is 5.56. The highest BCUT2D eigenvalue weighted by atomic mass is 16.5. The van der Waals surface area contributed by atoms with Crippen LogP contribution in [-0.2, 0) is 4.74 Å². The van der Waals surface area contributed by atoms with Gasteiger partial charge in [0, 0.05) is 26.2 Å². The molecule has 0 bridgehead atoms. The van der Waals surface area contributed by atoms with Gasteiger partial charge in [0.05, 0.1) is 33.1 Å². The first kappa shape index (κ1) is 22.1. The third-order valence-corrected chi connectivity index (χ3v) is 5.41. The molecule has 1 aromatic carbocycles. The van der Waals surface area contributed by atoms with E-state index >= 15 is 0 Å².